The highest BCUT2D eigenvalue weighted by molar-refractivity contribution is 5.56. The van der Waals surface area contributed by atoms with E-state index in [2.05, 4.69) is 9.47 Å². The minimum atomic E-state index is -5.90. The molecule has 0 fully saturated rings. The number of halogens is 15. The fraction of sp³-hybridized carbons (Fsp3) is 0.143. The third kappa shape index (κ3) is 5.44. The van der Waals surface area contributed by atoms with Crippen LogP contribution in [0, 0.1) is 34.9 Å². The number of rotatable bonds is 4. The molecule has 0 aliphatic rings. The van der Waals surface area contributed by atoms with Gasteiger partial charge in [-0.25, -0.2) is 22.0 Å². The summed E-state index contributed by atoms with van der Waals surface area (Å²) in [5, 5.41) is 0. The van der Waals surface area contributed by atoms with Crippen molar-refractivity contribution in [1.29, 1.82) is 0 Å². The van der Waals surface area contributed by atoms with Gasteiger partial charge in [0.15, 0.2) is 34.8 Å². The van der Waals surface area contributed by atoms with E-state index >= 15 is 4.39 Å². The van der Waals surface area contributed by atoms with Crippen molar-refractivity contribution >= 4 is 11.4 Å². The third-order valence-corrected chi connectivity index (χ3v) is 4.83. The van der Waals surface area contributed by atoms with Crippen LogP contribution in [0.1, 0.15) is 16.7 Å². The first-order valence-electron chi connectivity index (χ1n) is 9.71. The molecule has 0 atom stereocenters. The normalized spacial score (nSPS) is 12.6. The maximum atomic E-state index is 15.1. The Morgan fingerprint density at radius 3 is 1.12 bits per heavy atom. The number of nitrogen functional groups attached to an aromatic ring is 2. The molecule has 0 radical (unpaired) electrons. The van der Waals surface area contributed by atoms with Gasteiger partial charge in [-0.1, -0.05) is 0 Å². The second-order valence-electron chi connectivity index (χ2n) is 7.52. The molecule has 3 aromatic rings. The summed E-state index contributed by atoms with van der Waals surface area (Å²) in [6, 6.07) is -1.39. The number of ether oxygens (including phenoxy) is 2. The van der Waals surface area contributed by atoms with Crippen molar-refractivity contribution in [2.75, 3.05) is 11.5 Å². The molecule has 0 saturated heterocycles. The van der Waals surface area contributed by atoms with E-state index < -0.39 is 111 Å². The van der Waals surface area contributed by atoms with Crippen LogP contribution in [0.15, 0.2) is 18.2 Å². The number of benzene rings is 3. The van der Waals surface area contributed by atoms with Crippen LogP contribution < -0.4 is 20.9 Å². The van der Waals surface area contributed by atoms with E-state index in [9.17, 15) is 61.5 Å². The fourth-order valence-corrected chi connectivity index (χ4v) is 3.05. The Labute approximate surface area is 210 Å². The molecule has 0 spiro atoms. The van der Waals surface area contributed by atoms with E-state index in [4.69, 9.17) is 11.5 Å². The predicted octanol–water partition coefficient (Wildman–Crippen LogP) is 8.33. The first kappa shape index (κ1) is 30.4. The van der Waals surface area contributed by atoms with E-state index in [1.807, 2.05) is 0 Å². The maximum Gasteiger partial charge on any atom is 0.420 e. The molecule has 0 saturated carbocycles. The summed E-state index contributed by atoms with van der Waals surface area (Å²) >= 11 is 0. The highest BCUT2D eigenvalue weighted by Gasteiger charge is 2.43. The van der Waals surface area contributed by atoms with Gasteiger partial charge in [-0.2, -0.15) is 43.9 Å². The van der Waals surface area contributed by atoms with Crippen molar-refractivity contribution < 1.29 is 75.3 Å². The van der Waals surface area contributed by atoms with Crippen LogP contribution in [-0.2, 0) is 18.5 Å². The molecule has 0 bridgehead atoms. The monoisotopic (exact) mass is 604 g/mol. The Morgan fingerprint density at radius 1 is 0.425 bits per heavy atom. The number of anilines is 2. The molecule has 0 amide bonds. The highest BCUT2D eigenvalue weighted by atomic mass is 19.4. The molecule has 218 valence electrons. The molecule has 0 aliphatic heterocycles. The predicted molar refractivity (Wildman–Crippen MR) is 103 cm³/mol. The summed E-state index contributed by atoms with van der Waals surface area (Å²) < 4.78 is 214. The van der Waals surface area contributed by atoms with Crippen molar-refractivity contribution in [3.05, 3.63) is 69.8 Å². The van der Waals surface area contributed by atoms with Gasteiger partial charge in [-0.15, -0.1) is 0 Å². The molecule has 4 N–H and O–H groups in total. The van der Waals surface area contributed by atoms with E-state index in [0.29, 0.717) is 0 Å². The smallest absolute Gasteiger partial charge is 0.420 e. The van der Waals surface area contributed by atoms with Crippen LogP contribution in [0.5, 0.6) is 23.0 Å². The minimum Gasteiger partial charge on any atom is -0.447 e. The Hall–Kier alpha value is -4.19. The van der Waals surface area contributed by atoms with Crippen molar-refractivity contribution in [3.8, 4) is 23.0 Å². The molecule has 40 heavy (non-hydrogen) atoms. The zero-order valence-corrected chi connectivity index (χ0v) is 18.4. The molecule has 0 unspecified atom stereocenters. The zero-order chi connectivity index (χ0) is 30.7. The summed E-state index contributed by atoms with van der Waals surface area (Å²) in [6.45, 7) is 0. The Balaban J connectivity index is 2.32. The summed E-state index contributed by atoms with van der Waals surface area (Å²) in [5.74, 6) is -24.9. The van der Waals surface area contributed by atoms with Gasteiger partial charge in [-0.3, -0.25) is 0 Å². The van der Waals surface area contributed by atoms with Crippen LogP contribution in [0.25, 0.3) is 0 Å². The van der Waals surface area contributed by atoms with E-state index in [1.54, 1.807) is 0 Å². The lowest BCUT2D eigenvalue weighted by molar-refractivity contribution is -0.141. The molecular weight excluding hydrogens is 597 g/mol. The molecule has 4 nitrogen and oxygen atoms in total. The Morgan fingerprint density at radius 2 is 0.775 bits per heavy atom. The second kappa shape index (κ2) is 9.77. The summed E-state index contributed by atoms with van der Waals surface area (Å²) in [6.07, 6.45) is -17.2. The SMILES string of the molecule is Nc1cc(C(F)(F)F)c(F)c(Oc2c(F)cc(C(F)(F)F)c(Oc3c(F)c(N)cc(C(F)(F)F)c3F)c2F)c1F. The van der Waals surface area contributed by atoms with Gasteiger partial charge in [0.25, 0.3) is 0 Å². The number of alkyl halides is 9. The summed E-state index contributed by atoms with van der Waals surface area (Å²) in [7, 11) is 0. The average molecular weight is 604 g/mol. The standard InChI is InChI=1S/C21H7F15N2O2/c22-7-1-6(21(34,35)36)15(39-17-10(23)4(19(28,29)30)2-8(37)12(17)25)14(27)16(7)40-18-11(24)5(20(31,32)33)3-9(38)13(18)26/h1-3H,37-38H2. The summed E-state index contributed by atoms with van der Waals surface area (Å²) in [4.78, 5) is 0. The van der Waals surface area contributed by atoms with Gasteiger partial charge in [0, 0.05) is 0 Å². The van der Waals surface area contributed by atoms with Crippen molar-refractivity contribution in [1.82, 2.24) is 0 Å². The van der Waals surface area contributed by atoms with Gasteiger partial charge < -0.3 is 20.9 Å². The summed E-state index contributed by atoms with van der Waals surface area (Å²) in [5.41, 5.74) is -0.544. The molecular formula is C21H7F15N2O2. The first-order valence-corrected chi connectivity index (χ1v) is 9.71. The lowest BCUT2D eigenvalue weighted by Gasteiger charge is -2.20. The Kier molecular flexibility index (Phi) is 7.42. The third-order valence-electron chi connectivity index (χ3n) is 4.83. The fourth-order valence-electron chi connectivity index (χ4n) is 3.05. The van der Waals surface area contributed by atoms with Gasteiger partial charge >= 0.3 is 18.5 Å². The molecule has 0 aromatic heterocycles. The molecule has 3 aromatic carbocycles. The molecule has 0 heterocycles. The largest absolute Gasteiger partial charge is 0.447 e. The molecule has 3 rings (SSSR count). The molecule has 19 heteroatoms. The van der Waals surface area contributed by atoms with Crippen molar-refractivity contribution in [2.45, 2.75) is 18.5 Å². The number of hydrogen-bond donors (Lipinski definition) is 2. The first-order chi connectivity index (χ1) is 18.1. The van der Waals surface area contributed by atoms with E-state index in [1.165, 1.54) is 0 Å². The van der Waals surface area contributed by atoms with E-state index in [0.717, 1.165) is 0 Å². The molecule has 0 aliphatic carbocycles. The van der Waals surface area contributed by atoms with Crippen LogP contribution >= 0.6 is 0 Å². The van der Waals surface area contributed by atoms with E-state index in [-0.39, 0.29) is 12.1 Å². The Bertz CT molecular complexity index is 1490. The zero-order valence-electron chi connectivity index (χ0n) is 18.4. The van der Waals surface area contributed by atoms with Crippen molar-refractivity contribution in [2.24, 2.45) is 0 Å². The second-order valence-corrected chi connectivity index (χ2v) is 7.52. The van der Waals surface area contributed by atoms with Crippen LogP contribution in [0.2, 0.25) is 0 Å². The van der Waals surface area contributed by atoms with Crippen LogP contribution in [0.4, 0.5) is 77.2 Å². The van der Waals surface area contributed by atoms with Crippen molar-refractivity contribution in [3.63, 3.8) is 0 Å². The quantitative estimate of drug-likeness (QED) is 0.232. The lowest BCUT2D eigenvalue weighted by atomic mass is 10.1. The lowest BCUT2D eigenvalue weighted by Crippen LogP contribution is -2.15. The van der Waals surface area contributed by atoms with Gasteiger partial charge in [0.05, 0.1) is 22.5 Å². The van der Waals surface area contributed by atoms with Crippen LogP contribution in [-0.4, -0.2) is 0 Å². The highest BCUT2D eigenvalue weighted by Crippen LogP contribution is 2.48. The topological polar surface area (TPSA) is 70.5 Å². The number of nitrogens with two attached hydrogens (primary N) is 2. The minimum absolute atomic E-state index is 0.296. The van der Waals surface area contributed by atoms with Gasteiger partial charge in [-0.05, 0) is 18.2 Å². The van der Waals surface area contributed by atoms with Gasteiger partial charge in [0.1, 0.15) is 5.56 Å². The maximum absolute atomic E-state index is 15.1. The number of hydrogen-bond acceptors (Lipinski definition) is 4. The van der Waals surface area contributed by atoms with Crippen LogP contribution in [0.3, 0.4) is 0 Å². The van der Waals surface area contributed by atoms with Gasteiger partial charge in [0.2, 0.25) is 23.1 Å². The average Bonchev–Trinajstić information content (AvgIpc) is 2.79.